The van der Waals surface area contributed by atoms with Crippen molar-refractivity contribution in [2.24, 2.45) is 0 Å². The summed E-state index contributed by atoms with van der Waals surface area (Å²) in [7, 11) is -6.62. The number of nitrogens with one attached hydrogen (secondary N) is 1. The van der Waals surface area contributed by atoms with E-state index in [-0.39, 0.29) is 16.6 Å². The molecule has 1 aromatic heterocycles. The highest BCUT2D eigenvalue weighted by Crippen LogP contribution is 2.31. The van der Waals surface area contributed by atoms with Crippen LogP contribution in [0.25, 0.3) is 0 Å². The molecule has 0 aromatic carbocycles. The van der Waals surface area contributed by atoms with Crippen LogP contribution in [0, 0.1) is 0 Å². The largest absolute Gasteiger partial charge is 0.281 e. The molecule has 0 bridgehead atoms. The molecular weight excluding hydrogens is 314 g/mol. The fourth-order valence-corrected chi connectivity index (χ4v) is 5.14. The third-order valence-corrected chi connectivity index (χ3v) is 6.85. The Hall–Kier alpha value is -0.930. The number of H-pyrrole nitrogens is 1. The summed E-state index contributed by atoms with van der Waals surface area (Å²) in [4.78, 5) is 0.169. The second-order valence-electron chi connectivity index (χ2n) is 5.43. The van der Waals surface area contributed by atoms with Crippen LogP contribution in [0.2, 0.25) is 0 Å². The van der Waals surface area contributed by atoms with Gasteiger partial charge in [0.2, 0.25) is 10.0 Å². The molecule has 1 fully saturated rings. The van der Waals surface area contributed by atoms with Crippen LogP contribution in [0.4, 0.5) is 0 Å². The zero-order valence-corrected chi connectivity index (χ0v) is 13.9. The van der Waals surface area contributed by atoms with E-state index in [1.165, 1.54) is 10.5 Å². The van der Waals surface area contributed by atoms with E-state index in [2.05, 4.69) is 10.2 Å². The number of hydrogen-bond acceptors (Lipinski definition) is 5. The normalized spacial score (nSPS) is 21.5. The van der Waals surface area contributed by atoms with Crippen LogP contribution in [0.3, 0.4) is 0 Å². The molecule has 0 spiro atoms. The lowest BCUT2D eigenvalue weighted by Crippen LogP contribution is -2.40. The highest BCUT2D eigenvalue weighted by molar-refractivity contribution is 7.90. The Morgan fingerprint density at radius 3 is 2.71 bits per heavy atom. The molecule has 1 aromatic rings. The molecule has 1 saturated heterocycles. The maximum Gasteiger partial charge on any atom is 0.214 e. The van der Waals surface area contributed by atoms with Crippen LogP contribution < -0.4 is 0 Å². The SMILES string of the molecule is CCCS(=O)(=O)N1CCC[C@@H](c2[nH]ncc2S(C)(=O)=O)C1. The number of aromatic amines is 1. The Balaban J connectivity index is 2.25. The average Bonchev–Trinajstić information content (AvgIpc) is 2.88. The van der Waals surface area contributed by atoms with E-state index in [9.17, 15) is 16.8 Å². The Kier molecular flexibility index (Phi) is 4.74. The van der Waals surface area contributed by atoms with Gasteiger partial charge in [0, 0.05) is 25.3 Å². The van der Waals surface area contributed by atoms with Crippen molar-refractivity contribution >= 4 is 19.9 Å². The summed E-state index contributed by atoms with van der Waals surface area (Å²) in [6, 6.07) is 0. The molecule has 1 aliphatic rings. The molecule has 1 N–H and O–H groups in total. The molecule has 9 heteroatoms. The summed E-state index contributed by atoms with van der Waals surface area (Å²) in [5.74, 6) is -0.0284. The van der Waals surface area contributed by atoms with Gasteiger partial charge in [0.15, 0.2) is 9.84 Å². The van der Waals surface area contributed by atoms with Gasteiger partial charge in [-0.05, 0) is 19.3 Å². The molecule has 7 nitrogen and oxygen atoms in total. The molecule has 2 heterocycles. The second kappa shape index (κ2) is 6.05. The minimum absolute atomic E-state index is 0.127. The first-order chi connectivity index (χ1) is 9.75. The molecule has 0 amide bonds. The zero-order valence-electron chi connectivity index (χ0n) is 12.2. The van der Waals surface area contributed by atoms with Crippen LogP contribution in [0.1, 0.15) is 37.8 Å². The predicted molar refractivity (Wildman–Crippen MR) is 79.3 cm³/mol. The molecule has 2 rings (SSSR count). The highest BCUT2D eigenvalue weighted by Gasteiger charge is 2.32. The van der Waals surface area contributed by atoms with E-state index >= 15 is 0 Å². The number of piperidine rings is 1. The Morgan fingerprint density at radius 2 is 2.10 bits per heavy atom. The van der Waals surface area contributed by atoms with E-state index in [1.54, 1.807) is 0 Å². The third kappa shape index (κ3) is 3.64. The molecule has 0 aliphatic carbocycles. The fraction of sp³-hybridized carbons (Fsp3) is 0.750. The van der Waals surface area contributed by atoms with Crippen molar-refractivity contribution in [1.29, 1.82) is 0 Å². The Bertz CT molecular complexity index is 694. The smallest absolute Gasteiger partial charge is 0.214 e. The number of sulfone groups is 1. The number of sulfonamides is 1. The highest BCUT2D eigenvalue weighted by atomic mass is 32.2. The second-order valence-corrected chi connectivity index (χ2v) is 9.51. The average molecular weight is 335 g/mol. The molecular formula is C12H21N3O4S2. The number of nitrogens with zero attached hydrogens (tertiary/aromatic N) is 2. The minimum atomic E-state index is -3.36. The lowest BCUT2D eigenvalue weighted by atomic mass is 9.96. The van der Waals surface area contributed by atoms with Crippen molar-refractivity contribution in [2.75, 3.05) is 25.1 Å². The van der Waals surface area contributed by atoms with Crippen molar-refractivity contribution < 1.29 is 16.8 Å². The van der Waals surface area contributed by atoms with Gasteiger partial charge in [-0.3, -0.25) is 5.10 Å². The standard InChI is InChI=1S/C12H21N3O4S2/c1-3-7-21(18,19)15-6-4-5-10(9-15)12-11(8-13-14-12)20(2,16)17/h8,10H,3-7,9H2,1-2H3,(H,13,14)/t10-/m1/s1. The summed E-state index contributed by atoms with van der Waals surface area (Å²) >= 11 is 0. The molecule has 21 heavy (non-hydrogen) atoms. The quantitative estimate of drug-likeness (QED) is 0.855. The van der Waals surface area contributed by atoms with E-state index in [0.29, 0.717) is 25.2 Å². The minimum Gasteiger partial charge on any atom is -0.281 e. The molecule has 1 atom stereocenters. The van der Waals surface area contributed by atoms with E-state index < -0.39 is 19.9 Å². The van der Waals surface area contributed by atoms with Crippen molar-refractivity contribution in [2.45, 2.75) is 37.0 Å². The van der Waals surface area contributed by atoms with Gasteiger partial charge in [-0.2, -0.15) is 5.10 Å². The Labute approximate surface area is 125 Å². The molecule has 120 valence electrons. The van der Waals surface area contributed by atoms with Gasteiger partial charge in [-0.15, -0.1) is 0 Å². The van der Waals surface area contributed by atoms with E-state index in [4.69, 9.17) is 0 Å². The van der Waals surface area contributed by atoms with Crippen LogP contribution in [-0.2, 0) is 19.9 Å². The zero-order chi connectivity index (χ0) is 15.7. The summed E-state index contributed by atoms with van der Waals surface area (Å²) < 4.78 is 49.3. The molecule has 0 radical (unpaired) electrons. The maximum atomic E-state index is 12.2. The van der Waals surface area contributed by atoms with Crippen molar-refractivity contribution in [3.8, 4) is 0 Å². The first-order valence-corrected chi connectivity index (χ1v) is 10.5. The van der Waals surface area contributed by atoms with E-state index in [1.807, 2.05) is 6.92 Å². The van der Waals surface area contributed by atoms with Gasteiger partial charge in [-0.25, -0.2) is 21.1 Å². The van der Waals surface area contributed by atoms with Crippen molar-refractivity contribution in [3.63, 3.8) is 0 Å². The summed E-state index contributed by atoms with van der Waals surface area (Å²) in [6.45, 7) is 2.64. The monoisotopic (exact) mass is 335 g/mol. The first-order valence-electron chi connectivity index (χ1n) is 6.97. The number of aromatic nitrogens is 2. The predicted octanol–water partition coefficient (Wildman–Crippen LogP) is 0.732. The van der Waals surface area contributed by atoms with Crippen molar-refractivity contribution in [3.05, 3.63) is 11.9 Å². The summed E-state index contributed by atoms with van der Waals surface area (Å²) in [6.07, 6.45) is 4.47. The van der Waals surface area contributed by atoms with Crippen molar-refractivity contribution in [1.82, 2.24) is 14.5 Å². The van der Waals surface area contributed by atoms with Gasteiger partial charge in [-0.1, -0.05) is 6.92 Å². The fourth-order valence-electron chi connectivity index (χ4n) is 2.69. The maximum absolute atomic E-state index is 12.2. The lowest BCUT2D eigenvalue weighted by molar-refractivity contribution is 0.310. The van der Waals surface area contributed by atoms with Gasteiger partial charge in [0.25, 0.3) is 0 Å². The number of rotatable bonds is 5. The summed E-state index contributed by atoms with van der Waals surface area (Å²) in [5.41, 5.74) is 0.522. The third-order valence-electron chi connectivity index (χ3n) is 3.68. The van der Waals surface area contributed by atoms with Gasteiger partial charge >= 0.3 is 0 Å². The van der Waals surface area contributed by atoms with E-state index in [0.717, 1.165) is 19.1 Å². The van der Waals surface area contributed by atoms with Crippen LogP contribution in [-0.4, -0.2) is 56.4 Å². The van der Waals surface area contributed by atoms with Crippen LogP contribution in [0.15, 0.2) is 11.1 Å². The number of hydrogen-bond donors (Lipinski definition) is 1. The van der Waals surface area contributed by atoms with Crippen LogP contribution in [0.5, 0.6) is 0 Å². The van der Waals surface area contributed by atoms with Gasteiger partial charge < -0.3 is 0 Å². The molecule has 0 unspecified atom stereocenters. The summed E-state index contributed by atoms with van der Waals surface area (Å²) in [5, 5.41) is 6.55. The van der Waals surface area contributed by atoms with Gasteiger partial charge in [0.05, 0.1) is 17.6 Å². The van der Waals surface area contributed by atoms with Crippen LogP contribution >= 0.6 is 0 Å². The Morgan fingerprint density at radius 1 is 1.38 bits per heavy atom. The first kappa shape index (κ1) is 16.4. The lowest BCUT2D eigenvalue weighted by Gasteiger charge is -2.31. The molecule has 1 aliphatic heterocycles. The van der Waals surface area contributed by atoms with Gasteiger partial charge in [0.1, 0.15) is 4.90 Å². The topological polar surface area (TPSA) is 100 Å². The molecule has 0 saturated carbocycles.